The molecule has 1 unspecified atom stereocenters. The number of carbonyl (C=O) groups is 1. The second kappa shape index (κ2) is 5.77. The van der Waals surface area contributed by atoms with Gasteiger partial charge in [-0.1, -0.05) is 60.2 Å². The molecule has 0 aliphatic rings. The average Bonchev–Trinajstić information content (AvgIpc) is 2.98. The summed E-state index contributed by atoms with van der Waals surface area (Å²) in [5.41, 5.74) is 8.22. The highest BCUT2D eigenvalue weighted by atomic mass is 16.1. The molecule has 0 saturated heterocycles. The van der Waals surface area contributed by atoms with E-state index in [1.54, 1.807) is 0 Å². The summed E-state index contributed by atoms with van der Waals surface area (Å²) in [6, 6.07) is 16.2. The summed E-state index contributed by atoms with van der Waals surface area (Å²) in [5.74, 6) is -0.0683. The maximum absolute atomic E-state index is 11.8. The second-order valence-electron chi connectivity index (χ2n) is 5.02. The molecule has 1 atom stereocenters. The van der Waals surface area contributed by atoms with Crippen molar-refractivity contribution in [3.63, 3.8) is 0 Å². The molecule has 6 heteroatoms. The fourth-order valence-corrected chi connectivity index (χ4v) is 2.20. The molecule has 0 aliphatic heterocycles. The standard InChI is InChI=1S/C16H15N5O/c1-11-7-9-13(10-8-11)16-18-20-21(19-16)14(15(17)22)12-5-3-2-4-6-12/h2-10,14H,1H3,(H2,17,22). The fourth-order valence-electron chi connectivity index (χ4n) is 2.20. The molecule has 3 aromatic rings. The number of primary amides is 1. The lowest BCUT2D eigenvalue weighted by Gasteiger charge is -2.11. The fraction of sp³-hybridized carbons (Fsp3) is 0.125. The van der Waals surface area contributed by atoms with Crippen molar-refractivity contribution in [2.45, 2.75) is 13.0 Å². The van der Waals surface area contributed by atoms with Gasteiger partial charge < -0.3 is 5.73 Å². The predicted octanol–water partition coefficient (Wildman–Crippen LogP) is 1.72. The van der Waals surface area contributed by atoms with Crippen LogP contribution >= 0.6 is 0 Å². The number of hydrogen-bond donors (Lipinski definition) is 1. The van der Waals surface area contributed by atoms with Gasteiger partial charge >= 0.3 is 0 Å². The third-order valence-corrected chi connectivity index (χ3v) is 3.35. The van der Waals surface area contributed by atoms with Crippen molar-refractivity contribution >= 4 is 5.91 Å². The topological polar surface area (TPSA) is 86.7 Å². The minimum atomic E-state index is -0.770. The zero-order chi connectivity index (χ0) is 15.5. The van der Waals surface area contributed by atoms with Crippen LogP contribution < -0.4 is 5.73 Å². The van der Waals surface area contributed by atoms with Crippen molar-refractivity contribution in [2.24, 2.45) is 5.73 Å². The SMILES string of the molecule is Cc1ccc(-c2nnn(C(C(N)=O)c3ccccc3)n2)cc1. The van der Waals surface area contributed by atoms with E-state index < -0.39 is 11.9 Å². The van der Waals surface area contributed by atoms with Crippen molar-refractivity contribution in [2.75, 3.05) is 0 Å². The van der Waals surface area contributed by atoms with E-state index in [0.717, 1.165) is 16.7 Å². The van der Waals surface area contributed by atoms with Gasteiger partial charge in [0.15, 0.2) is 6.04 Å². The minimum absolute atomic E-state index is 0.460. The lowest BCUT2D eigenvalue weighted by atomic mass is 10.1. The van der Waals surface area contributed by atoms with E-state index in [-0.39, 0.29) is 0 Å². The Morgan fingerprint density at radius 2 is 1.77 bits per heavy atom. The molecular formula is C16H15N5O. The van der Waals surface area contributed by atoms with Gasteiger partial charge in [0.1, 0.15) is 0 Å². The van der Waals surface area contributed by atoms with E-state index in [1.807, 2.05) is 61.5 Å². The molecule has 0 aliphatic carbocycles. The van der Waals surface area contributed by atoms with Gasteiger partial charge in [0, 0.05) is 5.56 Å². The molecule has 3 rings (SSSR count). The van der Waals surface area contributed by atoms with Crippen LogP contribution in [0.4, 0.5) is 0 Å². The number of tetrazole rings is 1. The summed E-state index contributed by atoms with van der Waals surface area (Å²) < 4.78 is 0. The van der Waals surface area contributed by atoms with E-state index in [0.29, 0.717) is 5.82 Å². The highest BCUT2D eigenvalue weighted by molar-refractivity contribution is 5.81. The first-order valence-corrected chi connectivity index (χ1v) is 6.86. The lowest BCUT2D eigenvalue weighted by Crippen LogP contribution is -2.29. The van der Waals surface area contributed by atoms with Crippen molar-refractivity contribution < 1.29 is 4.79 Å². The summed E-state index contributed by atoms with van der Waals surface area (Å²) in [5, 5.41) is 12.3. The predicted molar refractivity (Wildman–Crippen MR) is 81.8 cm³/mol. The van der Waals surface area contributed by atoms with Gasteiger partial charge in [-0.2, -0.15) is 0 Å². The Balaban J connectivity index is 1.97. The van der Waals surface area contributed by atoms with Gasteiger partial charge in [-0.25, -0.2) is 0 Å². The Labute approximate surface area is 127 Å². The Morgan fingerprint density at radius 1 is 1.09 bits per heavy atom. The van der Waals surface area contributed by atoms with Crippen LogP contribution in [0.15, 0.2) is 54.6 Å². The molecule has 0 radical (unpaired) electrons. The molecule has 0 saturated carbocycles. The second-order valence-corrected chi connectivity index (χ2v) is 5.02. The summed E-state index contributed by atoms with van der Waals surface area (Å²) in [6.07, 6.45) is 0. The monoisotopic (exact) mass is 293 g/mol. The van der Waals surface area contributed by atoms with E-state index in [4.69, 9.17) is 5.73 Å². The number of aryl methyl sites for hydroxylation is 1. The molecule has 2 N–H and O–H groups in total. The largest absolute Gasteiger partial charge is 0.367 e. The van der Waals surface area contributed by atoms with Gasteiger partial charge in [-0.15, -0.1) is 15.0 Å². The highest BCUT2D eigenvalue weighted by Crippen LogP contribution is 2.19. The first kappa shape index (κ1) is 13.9. The number of carbonyl (C=O) groups excluding carboxylic acids is 1. The Kier molecular flexibility index (Phi) is 3.65. The number of benzene rings is 2. The summed E-state index contributed by atoms with van der Waals surface area (Å²) >= 11 is 0. The van der Waals surface area contributed by atoms with Crippen LogP contribution in [0, 0.1) is 6.92 Å². The van der Waals surface area contributed by atoms with Crippen LogP contribution in [-0.2, 0) is 4.79 Å². The van der Waals surface area contributed by atoms with E-state index in [2.05, 4.69) is 15.4 Å². The average molecular weight is 293 g/mol. The third-order valence-electron chi connectivity index (χ3n) is 3.35. The van der Waals surface area contributed by atoms with Crippen molar-refractivity contribution in [1.29, 1.82) is 0 Å². The molecule has 0 spiro atoms. The van der Waals surface area contributed by atoms with Crippen LogP contribution in [0.3, 0.4) is 0 Å². The molecule has 1 amide bonds. The van der Waals surface area contributed by atoms with E-state index in [1.165, 1.54) is 4.80 Å². The number of nitrogens with zero attached hydrogens (tertiary/aromatic N) is 4. The van der Waals surface area contributed by atoms with Crippen molar-refractivity contribution in [3.8, 4) is 11.4 Å². The zero-order valence-corrected chi connectivity index (χ0v) is 12.0. The summed E-state index contributed by atoms with van der Waals surface area (Å²) in [7, 11) is 0. The molecule has 2 aromatic carbocycles. The normalized spacial score (nSPS) is 12.0. The van der Waals surface area contributed by atoms with E-state index in [9.17, 15) is 4.79 Å². The van der Waals surface area contributed by atoms with E-state index >= 15 is 0 Å². The molecule has 1 aromatic heterocycles. The number of aromatic nitrogens is 4. The Hall–Kier alpha value is -3.02. The third kappa shape index (κ3) is 2.71. The molecule has 1 heterocycles. The maximum atomic E-state index is 11.8. The van der Waals surface area contributed by atoms with Crippen LogP contribution in [0.2, 0.25) is 0 Å². The number of hydrogen-bond acceptors (Lipinski definition) is 4. The van der Waals surface area contributed by atoms with Gasteiger partial charge in [-0.05, 0) is 17.7 Å². The van der Waals surface area contributed by atoms with Gasteiger partial charge in [0.2, 0.25) is 11.7 Å². The van der Waals surface area contributed by atoms with Gasteiger partial charge in [-0.3, -0.25) is 4.79 Å². The Bertz CT molecular complexity index is 780. The molecular weight excluding hydrogens is 278 g/mol. The Morgan fingerprint density at radius 3 is 2.41 bits per heavy atom. The molecule has 110 valence electrons. The summed E-state index contributed by atoms with van der Waals surface area (Å²) in [4.78, 5) is 13.0. The van der Waals surface area contributed by atoms with Crippen molar-refractivity contribution in [3.05, 3.63) is 65.7 Å². The van der Waals surface area contributed by atoms with Crippen LogP contribution in [-0.4, -0.2) is 26.1 Å². The first-order chi connectivity index (χ1) is 10.6. The molecule has 0 fully saturated rings. The zero-order valence-electron chi connectivity index (χ0n) is 12.0. The van der Waals surface area contributed by atoms with Crippen LogP contribution in [0.25, 0.3) is 11.4 Å². The van der Waals surface area contributed by atoms with Gasteiger partial charge in [0.25, 0.3) is 0 Å². The van der Waals surface area contributed by atoms with Gasteiger partial charge in [0.05, 0.1) is 0 Å². The quantitative estimate of drug-likeness (QED) is 0.793. The molecule has 6 nitrogen and oxygen atoms in total. The van der Waals surface area contributed by atoms with Crippen LogP contribution in [0.5, 0.6) is 0 Å². The molecule has 22 heavy (non-hydrogen) atoms. The molecule has 0 bridgehead atoms. The lowest BCUT2D eigenvalue weighted by molar-refractivity contribution is -0.120. The number of nitrogens with two attached hydrogens (primary N) is 1. The van der Waals surface area contributed by atoms with Crippen LogP contribution in [0.1, 0.15) is 17.2 Å². The number of rotatable bonds is 4. The first-order valence-electron chi connectivity index (χ1n) is 6.86. The maximum Gasteiger partial charge on any atom is 0.248 e. The summed E-state index contributed by atoms with van der Waals surface area (Å²) in [6.45, 7) is 2.01. The number of amides is 1. The minimum Gasteiger partial charge on any atom is -0.367 e. The smallest absolute Gasteiger partial charge is 0.248 e. The highest BCUT2D eigenvalue weighted by Gasteiger charge is 2.23. The van der Waals surface area contributed by atoms with Crippen molar-refractivity contribution in [1.82, 2.24) is 20.2 Å².